The molecule has 0 bridgehead atoms. The van der Waals surface area contributed by atoms with Crippen molar-refractivity contribution in [3.8, 4) is 0 Å². The molecule has 3 aromatic rings. The van der Waals surface area contributed by atoms with Gasteiger partial charge in [-0.25, -0.2) is 0 Å². The summed E-state index contributed by atoms with van der Waals surface area (Å²) >= 11 is 8.01. The summed E-state index contributed by atoms with van der Waals surface area (Å²) in [5, 5.41) is 1.98. The first kappa shape index (κ1) is 19.4. The molecule has 0 saturated carbocycles. The van der Waals surface area contributed by atoms with Crippen LogP contribution in [0.15, 0.2) is 59.6 Å². The molecular weight excluding hydrogens is 388 g/mol. The molecule has 0 N–H and O–H groups in total. The smallest absolute Gasteiger partial charge is 0.232 e. The molecule has 1 fully saturated rings. The maximum Gasteiger partial charge on any atom is 0.232 e. The normalized spacial score (nSPS) is 15.0. The van der Waals surface area contributed by atoms with Crippen molar-refractivity contribution >= 4 is 40.2 Å². The highest BCUT2D eigenvalue weighted by Crippen LogP contribution is 2.31. The molecule has 2 aromatic carbocycles. The molecular formula is C23H25ClN2OS. The Bertz CT molecular complexity index is 960. The number of fused-ring (bicyclic) bond motifs is 1. The summed E-state index contributed by atoms with van der Waals surface area (Å²) in [6.45, 7) is 2.54. The van der Waals surface area contributed by atoms with Crippen LogP contribution in [0.5, 0.6) is 0 Å². The van der Waals surface area contributed by atoms with Crippen LogP contribution in [0.3, 0.4) is 0 Å². The van der Waals surface area contributed by atoms with E-state index >= 15 is 0 Å². The minimum absolute atomic E-state index is 0.259. The van der Waals surface area contributed by atoms with Crippen molar-refractivity contribution in [2.24, 2.45) is 0 Å². The van der Waals surface area contributed by atoms with Crippen molar-refractivity contribution < 1.29 is 4.79 Å². The topological polar surface area (TPSA) is 25.2 Å². The van der Waals surface area contributed by atoms with E-state index < -0.39 is 0 Å². The Balaban J connectivity index is 1.53. The van der Waals surface area contributed by atoms with Crippen LogP contribution in [0.25, 0.3) is 10.9 Å². The van der Waals surface area contributed by atoms with Gasteiger partial charge in [0.25, 0.3) is 0 Å². The number of rotatable bonds is 5. The molecule has 0 unspecified atom stereocenters. The molecule has 146 valence electrons. The number of hydrogen-bond acceptors (Lipinski definition) is 2. The Kier molecular flexibility index (Phi) is 6.28. The van der Waals surface area contributed by atoms with Crippen LogP contribution in [-0.4, -0.2) is 34.2 Å². The molecule has 0 aliphatic carbocycles. The molecule has 1 aromatic heterocycles. The van der Waals surface area contributed by atoms with Crippen molar-refractivity contribution in [2.45, 2.75) is 37.1 Å². The lowest BCUT2D eigenvalue weighted by atomic mass is 10.2. The number of benzene rings is 2. The number of thioether (sulfide) groups is 1. The van der Waals surface area contributed by atoms with Gasteiger partial charge < -0.3 is 9.47 Å². The number of nitrogens with zero attached hydrogens (tertiary/aromatic N) is 2. The first-order chi connectivity index (χ1) is 13.7. The van der Waals surface area contributed by atoms with Crippen molar-refractivity contribution in [3.05, 3.63) is 65.3 Å². The summed E-state index contributed by atoms with van der Waals surface area (Å²) in [4.78, 5) is 15.9. The molecule has 4 rings (SSSR count). The second-order valence-electron chi connectivity index (χ2n) is 7.31. The molecule has 0 atom stereocenters. The van der Waals surface area contributed by atoms with E-state index in [1.807, 2.05) is 23.1 Å². The minimum Gasteiger partial charge on any atom is -0.342 e. The van der Waals surface area contributed by atoms with Gasteiger partial charge in [-0.05, 0) is 30.5 Å². The first-order valence-corrected chi connectivity index (χ1v) is 11.3. The van der Waals surface area contributed by atoms with Gasteiger partial charge in [0.2, 0.25) is 5.91 Å². The monoisotopic (exact) mass is 412 g/mol. The van der Waals surface area contributed by atoms with E-state index in [1.165, 1.54) is 23.7 Å². The van der Waals surface area contributed by atoms with Crippen molar-refractivity contribution in [1.82, 2.24) is 9.47 Å². The summed E-state index contributed by atoms with van der Waals surface area (Å²) in [6, 6.07) is 16.3. The summed E-state index contributed by atoms with van der Waals surface area (Å²) in [5.74, 6) is 0.759. The summed E-state index contributed by atoms with van der Waals surface area (Å²) in [7, 11) is 0. The quantitative estimate of drug-likeness (QED) is 0.492. The molecule has 1 saturated heterocycles. The Morgan fingerprint density at radius 3 is 2.46 bits per heavy atom. The van der Waals surface area contributed by atoms with Gasteiger partial charge in [-0.2, -0.15) is 0 Å². The third-order valence-corrected chi connectivity index (χ3v) is 6.76. The van der Waals surface area contributed by atoms with Crippen molar-refractivity contribution in [1.29, 1.82) is 0 Å². The molecule has 1 aliphatic heterocycles. The number of para-hydroxylation sites is 1. The van der Waals surface area contributed by atoms with E-state index in [0.717, 1.165) is 48.0 Å². The van der Waals surface area contributed by atoms with Gasteiger partial charge in [0.15, 0.2) is 0 Å². The number of carbonyl (C=O) groups is 1. The second-order valence-corrected chi connectivity index (χ2v) is 8.74. The van der Waals surface area contributed by atoms with Crippen LogP contribution >= 0.6 is 23.4 Å². The van der Waals surface area contributed by atoms with Crippen molar-refractivity contribution in [2.75, 3.05) is 18.8 Å². The fourth-order valence-electron chi connectivity index (χ4n) is 3.82. The fraction of sp³-hybridized carbons (Fsp3) is 0.348. The SMILES string of the molecule is O=C(CSc1cn(Cc2ccccc2Cl)c2ccccc12)N1CCCCCC1. The highest BCUT2D eigenvalue weighted by Gasteiger charge is 2.17. The third kappa shape index (κ3) is 4.39. The minimum atomic E-state index is 0.259. The Morgan fingerprint density at radius 2 is 1.68 bits per heavy atom. The largest absolute Gasteiger partial charge is 0.342 e. The highest BCUT2D eigenvalue weighted by atomic mass is 35.5. The average molecular weight is 413 g/mol. The van der Waals surface area contributed by atoms with Crippen LogP contribution in [-0.2, 0) is 11.3 Å². The van der Waals surface area contributed by atoms with E-state index in [4.69, 9.17) is 11.6 Å². The van der Waals surface area contributed by atoms with Crippen LogP contribution < -0.4 is 0 Å². The molecule has 2 heterocycles. The van der Waals surface area contributed by atoms with Gasteiger partial charge in [0.05, 0.1) is 5.75 Å². The summed E-state index contributed by atoms with van der Waals surface area (Å²) < 4.78 is 2.23. The van der Waals surface area contributed by atoms with Gasteiger partial charge in [-0.1, -0.05) is 60.8 Å². The van der Waals surface area contributed by atoms with Crippen molar-refractivity contribution in [3.63, 3.8) is 0 Å². The molecule has 3 nitrogen and oxygen atoms in total. The van der Waals surface area contributed by atoms with E-state index in [0.29, 0.717) is 5.75 Å². The fourth-order valence-corrected chi connectivity index (χ4v) is 5.01. The molecule has 0 radical (unpaired) electrons. The molecule has 28 heavy (non-hydrogen) atoms. The Hall–Kier alpha value is -1.91. The summed E-state index contributed by atoms with van der Waals surface area (Å²) in [5.41, 5.74) is 2.27. The van der Waals surface area contributed by atoms with Gasteiger partial charge in [-0.15, -0.1) is 11.8 Å². The lowest BCUT2D eigenvalue weighted by molar-refractivity contribution is -0.128. The predicted octanol–water partition coefficient (Wildman–Crippen LogP) is 5.84. The molecule has 5 heteroatoms. The van der Waals surface area contributed by atoms with E-state index in [-0.39, 0.29) is 5.91 Å². The maximum atomic E-state index is 12.7. The zero-order valence-electron chi connectivity index (χ0n) is 15.9. The van der Waals surface area contributed by atoms with Gasteiger partial charge in [0.1, 0.15) is 0 Å². The summed E-state index contributed by atoms with van der Waals surface area (Å²) in [6.07, 6.45) is 6.91. The van der Waals surface area contributed by atoms with Crippen LogP contribution in [0.2, 0.25) is 5.02 Å². The second kappa shape index (κ2) is 9.06. The average Bonchev–Trinajstić information content (AvgIpc) is 2.88. The lowest BCUT2D eigenvalue weighted by Crippen LogP contribution is -2.33. The predicted molar refractivity (Wildman–Crippen MR) is 118 cm³/mol. The van der Waals surface area contributed by atoms with Gasteiger partial charge >= 0.3 is 0 Å². The Morgan fingerprint density at radius 1 is 0.964 bits per heavy atom. The van der Waals surface area contributed by atoms with Crippen LogP contribution in [0.1, 0.15) is 31.2 Å². The number of hydrogen-bond donors (Lipinski definition) is 0. The Labute approximate surface area is 175 Å². The lowest BCUT2D eigenvalue weighted by Gasteiger charge is -2.19. The molecule has 0 spiro atoms. The van der Waals surface area contributed by atoms with E-state index in [2.05, 4.69) is 41.1 Å². The third-order valence-electron chi connectivity index (χ3n) is 5.36. The van der Waals surface area contributed by atoms with Crippen LogP contribution in [0, 0.1) is 0 Å². The number of aromatic nitrogens is 1. The van der Waals surface area contributed by atoms with E-state index in [9.17, 15) is 4.79 Å². The number of halogens is 1. The number of amides is 1. The zero-order chi connectivity index (χ0) is 19.3. The first-order valence-electron chi connectivity index (χ1n) is 9.94. The molecule has 1 amide bonds. The van der Waals surface area contributed by atoms with Crippen LogP contribution in [0.4, 0.5) is 0 Å². The molecule has 1 aliphatic rings. The highest BCUT2D eigenvalue weighted by molar-refractivity contribution is 8.00. The van der Waals surface area contributed by atoms with Gasteiger partial charge in [-0.3, -0.25) is 4.79 Å². The zero-order valence-corrected chi connectivity index (χ0v) is 17.5. The number of likely N-dealkylation sites (tertiary alicyclic amines) is 1. The number of carbonyl (C=O) groups excluding carboxylic acids is 1. The maximum absolute atomic E-state index is 12.7. The van der Waals surface area contributed by atoms with E-state index in [1.54, 1.807) is 11.8 Å². The van der Waals surface area contributed by atoms with Gasteiger partial charge in [0, 0.05) is 46.7 Å². The standard InChI is InChI=1S/C23H25ClN2OS/c24-20-11-5-3-9-18(20)15-26-16-22(19-10-4-6-12-21(19)26)28-17-23(27)25-13-7-1-2-8-14-25/h3-6,9-12,16H,1-2,7-8,13-15,17H2.